The number of carbonyl (C=O) groups is 1. The van der Waals surface area contributed by atoms with Gasteiger partial charge in [0.15, 0.2) is 0 Å². The molecule has 2 aromatic carbocycles. The summed E-state index contributed by atoms with van der Waals surface area (Å²) in [5.41, 5.74) is 4.81. The molecule has 1 fully saturated rings. The Kier molecular flexibility index (Phi) is 7.03. The second-order valence-corrected chi connectivity index (χ2v) is 8.62. The van der Waals surface area contributed by atoms with Crippen molar-refractivity contribution in [3.8, 4) is 0 Å². The van der Waals surface area contributed by atoms with Gasteiger partial charge in [-0.25, -0.2) is 0 Å². The van der Waals surface area contributed by atoms with Crippen LogP contribution >= 0.6 is 0 Å². The van der Waals surface area contributed by atoms with Crippen molar-refractivity contribution in [2.75, 3.05) is 0 Å². The molecule has 0 saturated heterocycles. The van der Waals surface area contributed by atoms with E-state index in [9.17, 15) is 4.79 Å². The molecule has 0 unspecified atom stereocenters. The highest BCUT2D eigenvalue weighted by molar-refractivity contribution is 5.92. The lowest BCUT2D eigenvalue weighted by molar-refractivity contribution is -0.129. The van der Waals surface area contributed by atoms with Gasteiger partial charge in [0.2, 0.25) is 5.91 Å². The largest absolute Gasteiger partial charge is 0.345 e. The number of hydrogen-bond acceptors (Lipinski definition) is 1. The third-order valence-corrected chi connectivity index (χ3v) is 6.21. The average Bonchev–Trinajstić information content (AvgIpc) is 3.23. The van der Waals surface area contributed by atoms with Crippen molar-refractivity contribution in [2.24, 2.45) is 0 Å². The lowest BCUT2D eigenvalue weighted by Crippen LogP contribution is -2.40. The molecule has 0 atom stereocenters. The minimum atomic E-state index is 0.110. The van der Waals surface area contributed by atoms with Crippen LogP contribution in [-0.4, -0.2) is 21.4 Å². The number of carbonyl (C=O) groups excluding carboxylic acids is 1. The van der Waals surface area contributed by atoms with E-state index in [2.05, 4.69) is 59.0 Å². The predicted octanol–water partition coefficient (Wildman–Crippen LogP) is 6.22. The molecule has 3 nitrogen and oxygen atoms in total. The topological polar surface area (TPSA) is 25.2 Å². The van der Waals surface area contributed by atoms with E-state index >= 15 is 0 Å². The zero-order chi connectivity index (χ0) is 21.5. The van der Waals surface area contributed by atoms with E-state index in [1.165, 1.54) is 36.1 Å². The molecule has 0 radical (unpaired) electrons. The molecule has 3 heteroatoms. The highest BCUT2D eigenvalue weighted by Crippen LogP contribution is 2.25. The Morgan fingerprint density at radius 3 is 2.58 bits per heavy atom. The van der Waals surface area contributed by atoms with Gasteiger partial charge in [-0.05, 0) is 49.1 Å². The van der Waals surface area contributed by atoms with Gasteiger partial charge in [-0.3, -0.25) is 4.79 Å². The summed E-state index contributed by atoms with van der Waals surface area (Å²) in [6, 6.07) is 23.3. The third-order valence-electron chi connectivity index (χ3n) is 6.21. The van der Waals surface area contributed by atoms with Crippen molar-refractivity contribution in [3.63, 3.8) is 0 Å². The van der Waals surface area contributed by atoms with Gasteiger partial charge in [0.05, 0.1) is 6.54 Å². The number of rotatable bonds is 7. The number of benzene rings is 2. The number of aromatic nitrogens is 1. The molecular formula is C28H32N2O. The molecular weight excluding hydrogens is 380 g/mol. The van der Waals surface area contributed by atoms with Crippen LogP contribution in [0.15, 0.2) is 79.0 Å². The van der Waals surface area contributed by atoms with E-state index in [-0.39, 0.29) is 5.91 Å². The standard InChI is InChI=1S/C28H32N2O/c1-23-10-8-13-25(20-23)21-29-19-9-16-27(29)22-30(26-14-6-3-7-15-26)28(31)18-17-24-11-4-2-5-12-24/h2,4-5,8-13,16-20,26H,3,6-7,14-15,21-22H2,1H3. The Morgan fingerprint density at radius 2 is 1.81 bits per heavy atom. The van der Waals surface area contributed by atoms with Gasteiger partial charge < -0.3 is 9.47 Å². The summed E-state index contributed by atoms with van der Waals surface area (Å²) >= 11 is 0. The third kappa shape index (κ3) is 5.75. The fourth-order valence-electron chi connectivity index (χ4n) is 4.54. The summed E-state index contributed by atoms with van der Waals surface area (Å²) < 4.78 is 2.28. The predicted molar refractivity (Wildman–Crippen MR) is 128 cm³/mol. The first-order chi connectivity index (χ1) is 15.2. The second-order valence-electron chi connectivity index (χ2n) is 8.62. The van der Waals surface area contributed by atoms with Crippen molar-refractivity contribution in [1.82, 2.24) is 9.47 Å². The maximum atomic E-state index is 13.3. The fraction of sp³-hybridized carbons (Fsp3) is 0.321. The summed E-state index contributed by atoms with van der Waals surface area (Å²) in [5.74, 6) is 0.110. The number of amides is 1. The normalized spacial score (nSPS) is 14.7. The number of hydrogen-bond donors (Lipinski definition) is 0. The number of nitrogens with zero attached hydrogens (tertiary/aromatic N) is 2. The van der Waals surface area contributed by atoms with Gasteiger partial charge in [-0.2, -0.15) is 0 Å². The van der Waals surface area contributed by atoms with Gasteiger partial charge in [0.25, 0.3) is 0 Å². The molecule has 4 rings (SSSR count). The maximum absolute atomic E-state index is 13.3. The minimum Gasteiger partial charge on any atom is -0.345 e. The van der Waals surface area contributed by atoms with Crippen molar-refractivity contribution in [3.05, 3.63) is 101 Å². The Bertz CT molecular complexity index is 1010. The summed E-state index contributed by atoms with van der Waals surface area (Å²) in [6.07, 6.45) is 11.7. The Labute approximate surface area is 186 Å². The summed E-state index contributed by atoms with van der Waals surface area (Å²) in [7, 11) is 0. The van der Waals surface area contributed by atoms with Crippen molar-refractivity contribution >= 4 is 12.0 Å². The molecule has 1 amide bonds. The Hall–Kier alpha value is -3.07. The van der Waals surface area contributed by atoms with Crippen molar-refractivity contribution in [1.29, 1.82) is 0 Å². The molecule has 0 bridgehead atoms. The van der Waals surface area contributed by atoms with Crippen molar-refractivity contribution in [2.45, 2.75) is 58.2 Å². The zero-order valence-corrected chi connectivity index (χ0v) is 18.4. The summed E-state index contributed by atoms with van der Waals surface area (Å²) in [5, 5.41) is 0. The fourth-order valence-corrected chi connectivity index (χ4v) is 4.54. The van der Waals surface area contributed by atoms with Crippen molar-refractivity contribution < 1.29 is 4.79 Å². The van der Waals surface area contributed by atoms with Crippen LogP contribution in [0.3, 0.4) is 0 Å². The maximum Gasteiger partial charge on any atom is 0.247 e. The van der Waals surface area contributed by atoms with E-state index in [0.29, 0.717) is 12.6 Å². The first-order valence-corrected chi connectivity index (χ1v) is 11.4. The first-order valence-electron chi connectivity index (χ1n) is 11.4. The molecule has 1 aromatic heterocycles. The van der Waals surface area contributed by atoms with Crippen LogP contribution in [-0.2, 0) is 17.9 Å². The molecule has 160 valence electrons. The highest BCUT2D eigenvalue weighted by Gasteiger charge is 2.25. The SMILES string of the molecule is Cc1cccc(Cn2cccc2CN(C(=O)C=Cc2ccccc2)C2CCCCC2)c1. The molecule has 1 aliphatic rings. The van der Waals surface area contributed by atoms with Gasteiger partial charge in [0, 0.05) is 30.6 Å². The van der Waals surface area contributed by atoms with Gasteiger partial charge in [-0.15, -0.1) is 0 Å². The second kappa shape index (κ2) is 10.3. The van der Waals surface area contributed by atoms with Crippen LogP contribution < -0.4 is 0 Å². The zero-order valence-electron chi connectivity index (χ0n) is 18.4. The summed E-state index contributed by atoms with van der Waals surface area (Å²) in [6.45, 7) is 3.61. The molecule has 0 N–H and O–H groups in total. The van der Waals surface area contributed by atoms with Crippen LogP contribution in [0.2, 0.25) is 0 Å². The van der Waals surface area contributed by atoms with E-state index in [4.69, 9.17) is 0 Å². The smallest absolute Gasteiger partial charge is 0.247 e. The Balaban J connectivity index is 1.53. The average molecular weight is 413 g/mol. The van der Waals surface area contributed by atoms with Crippen LogP contribution in [0.25, 0.3) is 6.08 Å². The molecule has 0 aliphatic heterocycles. The number of aryl methyl sites for hydroxylation is 1. The molecule has 1 saturated carbocycles. The summed E-state index contributed by atoms with van der Waals surface area (Å²) in [4.78, 5) is 15.4. The first kappa shape index (κ1) is 21.2. The highest BCUT2D eigenvalue weighted by atomic mass is 16.2. The van der Waals surface area contributed by atoms with Crippen LogP contribution in [0.5, 0.6) is 0 Å². The molecule has 1 heterocycles. The van der Waals surface area contributed by atoms with Gasteiger partial charge in [-0.1, -0.05) is 79.4 Å². The lowest BCUT2D eigenvalue weighted by atomic mass is 9.94. The van der Waals surface area contributed by atoms with E-state index < -0.39 is 0 Å². The van der Waals surface area contributed by atoms with Gasteiger partial charge in [0.1, 0.15) is 0 Å². The lowest BCUT2D eigenvalue weighted by Gasteiger charge is -2.34. The van der Waals surface area contributed by atoms with E-state index in [1.54, 1.807) is 6.08 Å². The molecule has 31 heavy (non-hydrogen) atoms. The van der Waals surface area contributed by atoms with E-state index in [1.807, 2.05) is 36.4 Å². The van der Waals surface area contributed by atoms with Crippen LogP contribution in [0.4, 0.5) is 0 Å². The molecule has 0 spiro atoms. The van der Waals surface area contributed by atoms with Gasteiger partial charge >= 0.3 is 0 Å². The monoisotopic (exact) mass is 412 g/mol. The van der Waals surface area contributed by atoms with Crippen LogP contribution in [0.1, 0.15) is 54.5 Å². The quantitative estimate of drug-likeness (QED) is 0.423. The van der Waals surface area contributed by atoms with E-state index in [0.717, 1.165) is 24.9 Å². The van der Waals surface area contributed by atoms with Crippen LogP contribution in [0, 0.1) is 6.92 Å². The molecule has 3 aromatic rings. The minimum absolute atomic E-state index is 0.110. The molecule has 1 aliphatic carbocycles. The Morgan fingerprint density at radius 1 is 1.00 bits per heavy atom.